The lowest BCUT2D eigenvalue weighted by Gasteiger charge is -2.07. The molecule has 136 valence electrons. The van der Waals surface area contributed by atoms with Crippen LogP contribution in [0.4, 0.5) is 5.82 Å². The third-order valence-corrected chi connectivity index (χ3v) is 6.12. The van der Waals surface area contributed by atoms with Gasteiger partial charge in [-0.3, -0.25) is 4.72 Å². The monoisotopic (exact) mass is 441 g/mol. The van der Waals surface area contributed by atoms with Crippen molar-refractivity contribution in [3.8, 4) is 5.69 Å². The van der Waals surface area contributed by atoms with Gasteiger partial charge in [-0.1, -0.05) is 52.3 Å². The highest BCUT2D eigenvalue weighted by atomic mass is 79.9. The maximum atomic E-state index is 12.8. The van der Waals surface area contributed by atoms with Crippen LogP contribution in [0, 0.1) is 6.92 Å². The van der Waals surface area contributed by atoms with Crippen molar-refractivity contribution < 1.29 is 8.42 Å². The lowest BCUT2D eigenvalue weighted by Crippen LogP contribution is -2.13. The van der Waals surface area contributed by atoms with Gasteiger partial charge in [0.15, 0.2) is 5.82 Å². The molecule has 0 aliphatic heterocycles. The van der Waals surface area contributed by atoms with Crippen LogP contribution in [0.15, 0.2) is 82.2 Å². The number of hydrogen-bond donors (Lipinski definition) is 1. The van der Waals surface area contributed by atoms with E-state index < -0.39 is 10.0 Å². The number of para-hydroxylation sites is 1. The van der Waals surface area contributed by atoms with Crippen molar-refractivity contribution in [3.05, 3.63) is 82.8 Å². The SMILES string of the molecule is Cc1ccccc1-n1nc(NS(=O)(=O)c2ccccc2)c2ccc(Br)cc21. The smallest absolute Gasteiger partial charge is 0.261 e. The Morgan fingerprint density at radius 2 is 1.67 bits per heavy atom. The van der Waals surface area contributed by atoms with Gasteiger partial charge in [0.1, 0.15) is 0 Å². The van der Waals surface area contributed by atoms with Crippen molar-refractivity contribution in [2.24, 2.45) is 0 Å². The molecule has 0 radical (unpaired) electrons. The molecule has 4 rings (SSSR count). The predicted octanol–water partition coefficient (Wildman–Crippen LogP) is 4.90. The fraction of sp³-hybridized carbons (Fsp3) is 0.0500. The second-order valence-corrected chi connectivity index (χ2v) is 8.72. The lowest BCUT2D eigenvalue weighted by molar-refractivity contribution is 0.601. The zero-order valence-corrected chi connectivity index (χ0v) is 16.8. The molecule has 1 aromatic heterocycles. The summed E-state index contributed by atoms with van der Waals surface area (Å²) in [6.07, 6.45) is 0. The number of nitrogens with zero attached hydrogens (tertiary/aromatic N) is 2. The van der Waals surface area contributed by atoms with Gasteiger partial charge in [0.05, 0.1) is 16.1 Å². The van der Waals surface area contributed by atoms with Crippen molar-refractivity contribution >= 4 is 42.7 Å². The molecule has 0 saturated heterocycles. The standard InChI is InChI=1S/C20H16BrN3O2S/c1-14-7-5-6-10-18(14)24-19-13-15(21)11-12-17(19)20(22-24)23-27(25,26)16-8-3-2-4-9-16/h2-13H,1H3,(H,22,23). The molecule has 0 unspecified atom stereocenters. The number of aryl methyl sites for hydroxylation is 1. The van der Waals surface area contributed by atoms with Crippen LogP contribution in [0.3, 0.4) is 0 Å². The molecule has 0 fully saturated rings. The van der Waals surface area contributed by atoms with Gasteiger partial charge < -0.3 is 0 Å². The molecular weight excluding hydrogens is 426 g/mol. The number of hydrogen-bond acceptors (Lipinski definition) is 3. The Kier molecular flexibility index (Phi) is 4.49. The van der Waals surface area contributed by atoms with E-state index in [1.807, 2.05) is 49.4 Å². The summed E-state index contributed by atoms with van der Waals surface area (Å²) >= 11 is 3.49. The van der Waals surface area contributed by atoms with Gasteiger partial charge in [-0.25, -0.2) is 13.1 Å². The number of fused-ring (bicyclic) bond motifs is 1. The minimum absolute atomic E-state index is 0.195. The third-order valence-electron chi connectivity index (χ3n) is 4.27. The predicted molar refractivity (Wildman–Crippen MR) is 111 cm³/mol. The first-order chi connectivity index (χ1) is 13.0. The van der Waals surface area contributed by atoms with Crippen molar-refractivity contribution in [3.63, 3.8) is 0 Å². The molecule has 27 heavy (non-hydrogen) atoms. The van der Waals surface area contributed by atoms with Crippen LogP contribution in [0.5, 0.6) is 0 Å². The minimum Gasteiger partial charge on any atom is -0.261 e. The van der Waals surface area contributed by atoms with Gasteiger partial charge in [0.2, 0.25) is 0 Å². The van der Waals surface area contributed by atoms with Crippen LogP contribution in [-0.2, 0) is 10.0 Å². The van der Waals surface area contributed by atoms with Gasteiger partial charge >= 0.3 is 0 Å². The van der Waals surface area contributed by atoms with E-state index in [0.29, 0.717) is 5.82 Å². The van der Waals surface area contributed by atoms with Crippen LogP contribution in [0.1, 0.15) is 5.56 Å². The van der Waals surface area contributed by atoms with E-state index in [9.17, 15) is 8.42 Å². The van der Waals surface area contributed by atoms with Crippen LogP contribution >= 0.6 is 15.9 Å². The first-order valence-corrected chi connectivity index (χ1v) is 10.6. The lowest BCUT2D eigenvalue weighted by atomic mass is 10.2. The largest absolute Gasteiger partial charge is 0.263 e. The summed E-state index contributed by atoms with van der Waals surface area (Å²) in [4.78, 5) is 0.195. The number of benzene rings is 3. The Morgan fingerprint density at radius 1 is 0.963 bits per heavy atom. The van der Waals surface area contributed by atoms with Crippen LogP contribution in [0.2, 0.25) is 0 Å². The van der Waals surface area contributed by atoms with E-state index in [-0.39, 0.29) is 4.90 Å². The summed E-state index contributed by atoms with van der Waals surface area (Å²) in [6, 6.07) is 21.8. The summed E-state index contributed by atoms with van der Waals surface area (Å²) in [7, 11) is -3.73. The van der Waals surface area contributed by atoms with Gasteiger partial charge in [-0.05, 0) is 48.9 Å². The van der Waals surface area contributed by atoms with Gasteiger partial charge in [0, 0.05) is 9.86 Å². The Hall–Kier alpha value is -2.64. The quantitative estimate of drug-likeness (QED) is 0.489. The van der Waals surface area contributed by atoms with Crippen LogP contribution in [0.25, 0.3) is 16.6 Å². The summed E-state index contributed by atoms with van der Waals surface area (Å²) in [6.45, 7) is 1.99. The minimum atomic E-state index is -3.73. The van der Waals surface area contributed by atoms with Crippen LogP contribution in [-0.4, -0.2) is 18.2 Å². The zero-order chi connectivity index (χ0) is 19.0. The summed E-state index contributed by atoms with van der Waals surface area (Å²) in [5, 5.41) is 5.30. The molecular formula is C20H16BrN3O2S. The van der Waals surface area contributed by atoms with E-state index in [4.69, 9.17) is 0 Å². The van der Waals surface area contributed by atoms with Crippen molar-refractivity contribution in [2.75, 3.05) is 4.72 Å². The molecule has 4 aromatic rings. The molecule has 0 aliphatic carbocycles. The van der Waals surface area contributed by atoms with E-state index >= 15 is 0 Å². The highest BCUT2D eigenvalue weighted by Crippen LogP contribution is 2.30. The molecule has 0 aliphatic rings. The highest BCUT2D eigenvalue weighted by molar-refractivity contribution is 9.10. The Labute approximate surface area is 165 Å². The molecule has 1 heterocycles. The van der Waals surface area contributed by atoms with Crippen molar-refractivity contribution in [1.82, 2.24) is 9.78 Å². The van der Waals surface area contributed by atoms with Gasteiger partial charge in [-0.15, -0.1) is 5.10 Å². The molecule has 1 N–H and O–H groups in total. The van der Waals surface area contributed by atoms with E-state index in [1.165, 1.54) is 0 Å². The maximum absolute atomic E-state index is 12.8. The Bertz CT molecular complexity index is 1230. The molecule has 0 bridgehead atoms. The zero-order valence-electron chi connectivity index (χ0n) is 14.4. The fourth-order valence-corrected chi connectivity index (χ4v) is 4.32. The number of sulfonamides is 1. The highest BCUT2D eigenvalue weighted by Gasteiger charge is 2.20. The van der Waals surface area contributed by atoms with Gasteiger partial charge in [-0.2, -0.15) is 0 Å². The first-order valence-electron chi connectivity index (χ1n) is 8.28. The molecule has 0 amide bonds. The molecule has 7 heteroatoms. The Balaban J connectivity index is 1.89. The third kappa shape index (κ3) is 3.36. The second kappa shape index (κ2) is 6.83. The Morgan fingerprint density at radius 3 is 2.41 bits per heavy atom. The normalized spacial score (nSPS) is 11.6. The molecule has 0 atom stereocenters. The number of halogens is 1. The molecule has 3 aromatic carbocycles. The maximum Gasteiger partial charge on any atom is 0.263 e. The van der Waals surface area contributed by atoms with Gasteiger partial charge in [0.25, 0.3) is 10.0 Å². The summed E-state index contributed by atoms with van der Waals surface area (Å²) in [5.74, 6) is 0.296. The van der Waals surface area contributed by atoms with Crippen molar-refractivity contribution in [1.29, 1.82) is 0 Å². The average molecular weight is 442 g/mol. The topological polar surface area (TPSA) is 64.0 Å². The second-order valence-electron chi connectivity index (χ2n) is 6.13. The van der Waals surface area contributed by atoms with E-state index in [1.54, 1.807) is 35.0 Å². The molecule has 0 spiro atoms. The molecule has 5 nitrogen and oxygen atoms in total. The average Bonchev–Trinajstić information content (AvgIpc) is 2.99. The summed E-state index contributed by atoms with van der Waals surface area (Å²) in [5.41, 5.74) is 2.74. The van der Waals surface area contributed by atoms with E-state index in [0.717, 1.165) is 26.6 Å². The summed E-state index contributed by atoms with van der Waals surface area (Å²) < 4.78 is 30.8. The van der Waals surface area contributed by atoms with E-state index in [2.05, 4.69) is 25.8 Å². The molecule has 0 saturated carbocycles. The van der Waals surface area contributed by atoms with Crippen molar-refractivity contribution in [2.45, 2.75) is 11.8 Å². The van der Waals surface area contributed by atoms with Crippen LogP contribution < -0.4 is 4.72 Å². The fourth-order valence-electron chi connectivity index (χ4n) is 2.93. The first kappa shape index (κ1) is 17.8. The number of anilines is 1. The number of rotatable bonds is 4. The number of aromatic nitrogens is 2. The number of nitrogens with one attached hydrogen (secondary N) is 1.